The highest BCUT2D eigenvalue weighted by molar-refractivity contribution is 7.99. The summed E-state index contributed by atoms with van der Waals surface area (Å²) in [4.78, 5) is 11.9. The Hall–Kier alpha value is -0.220. The molecule has 0 bridgehead atoms. The van der Waals surface area contributed by atoms with Crippen LogP contribution in [0, 0.1) is 11.8 Å². The number of rotatable bonds is 7. The van der Waals surface area contributed by atoms with Crippen molar-refractivity contribution in [3.8, 4) is 0 Å². The van der Waals surface area contributed by atoms with E-state index in [-0.39, 0.29) is 11.8 Å². The van der Waals surface area contributed by atoms with E-state index >= 15 is 0 Å². The van der Waals surface area contributed by atoms with Crippen molar-refractivity contribution in [3.63, 3.8) is 0 Å². The molecule has 0 aromatic carbocycles. The van der Waals surface area contributed by atoms with Gasteiger partial charge in [-0.05, 0) is 43.9 Å². The molecule has 0 aliphatic carbocycles. The Morgan fingerprint density at radius 3 is 2.69 bits per heavy atom. The molecular formula is C12H24N2OS. The maximum absolute atomic E-state index is 11.9. The highest BCUT2D eigenvalue weighted by Gasteiger charge is 2.28. The van der Waals surface area contributed by atoms with Gasteiger partial charge in [-0.1, -0.05) is 13.8 Å². The molecular weight excluding hydrogens is 220 g/mol. The first-order valence-electron chi connectivity index (χ1n) is 6.24. The van der Waals surface area contributed by atoms with Crippen LogP contribution >= 0.6 is 11.8 Å². The molecule has 1 aliphatic heterocycles. The molecule has 0 spiro atoms. The van der Waals surface area contributed by atoms with Crippen LogP contribution in [0.3, 0.4) is 0 Å². The molecule has 1 saturated heterocycles. The number of hydrogen-bond acceptors (Lipinski definition) is 3. The van der Waals surface area contributed by atoms with Crippen LogP contribution in [0.15, 0.2) is 0 Å². The summed E-state index contributed by atoms with van der Waals surface area (Å²) in [6.07, 6.45) is 1.07. The van der Waals surface area contributed by atoms with Gasteiger partial charge in [0.2, 0.25) is 5.91 Å². The lowest BCUT2D eigenvalue weighted by Crippen LogP contribution is -2.50. The molecule has 0 aromatic heterocycles. The summed E-state index contributed by atoms with van der Waals surface area (Å²) in [5.41, 5.74) is 0. The maximum atomic E-state index is 11.9. The standard InChI is InChI=1S/C12H24N2OS/c1-4-16-6-5-9(2)14-12(15)10(3)11-7-13-8-11/h9-11,13H,4-8H2,1-3H3,(H,14,15). The molecule has 2 unspecified atom stereocenters. The molecule has 0 saturated carbocycles. The second-order valence-corrected chi connectivity index (χ2v) is 6.00. The van der Waals surface area contributed by atoms with Crippen LogP contribution in [0.25, 0.3) is 0 Å². The third kappa shape index (κ3) is 4.34. The van der Waals surface area contributed by atoms with Crippen LogP contribution < -0.4 is 10.6 Å². The molecule has 94 valence electrons. The fourth-order valence-electron chi connectivity index (χ4n) is 1.73. The third-order valence-electron chi connectivity index (χ3n) is 3.22. The zero-order valence-corrected chi connectivity index (χ0v) is 11.4. The summed E-state index contributed by atoms with van der Waals surface area (Å²) in [7, 11) is 0. The average molecular weight is 244 g/mol. The van der Waals surface area contributed by atoms with Crippen LogP contribution in [-0.4, -0.2) is 36.5 Å². The van der Waals surface area contributed by atoms with Gasteiger partial charge in [0.15, 0.2) is 0 Å². The molecule has 0 radical (unpaired) electrons. The van der Waals surface area contributed by atoms with Crippen LogP contribution in [0.5, 0.6) is 0 Å². The molecule has 2 atom stereocenters. The predicted molar refractivity (Wildman–Crippen MR) is 70.7 cm³/mol. The molecule has 16 heavy (non-hydrogen) atoms. The molecule has 1 heterocycles. The minimum atomic E-state index is 0.155. The van der Waals surface area contributed by atoms with Crippen LogP contribution in [0.2, 0.25) is 0 Å². The van der Waals surface area contributed by atoms with E-state index in [9.17, 15) is 4.79 Å². The molecule has 1 rings (SSSR count). The lowest BCUT2D eigenvalue weighted by molar-refractivity contribution is -0.127. The van der Waals surface area contributed by atoms with Crippen LogP contribution in [0.1, 0.15) is 27.2 Å². The molecule has 4 heteroatoms. The molecule has 1 amide bonds. The SMILES string of the molecule is CCSCCC(C)NC(=O)C(C)C1CNC1. The summed E-state index contributed by atoms with van der Waals surface area (Å²) in [6.45, 7) is 8.29. The topological polar surface area (TPSA) is 41.1 Å². The molecule has 1 aliphatic rings. The number of nitrogens with one attached hydrogen (secondary N) is 2. The predicted octanol–water partition coefficient (Wildman–Crippen LogP) is 1.49. The van der Waals surface area contributed by atoms with E-state index in [0.29, 0.717) is 12.0 Å². The Morgan fingerprint density at radius 2 is 2.19 bits per heavy atom. The van der Waals surface area contributed by atoms with E-state index in [1.807, 2.05) is 18.7 Å². The minimum absolute atomic E-state index is 0.155. The third-order valence-corrected chi connectivity index (χ3v) is 4.15. The van der Waals surface area contributed by atoms with Crippen LogP contribution in [0.4, 0.5) is 0 Å². The van der Waals surface area contributed by atoms with Gasteiger partial charge >= 0.3 is 0 Å². The first-order valence-corrected chi connectivity index (χ1v) is 7.39. The maximum Gasteiger partial charge on any atom is 0.223 e. The van der Waals surface area contributed by atoms with E-state index < -0.39 is 0 Å². The zero-order chi connectivity index (χ0) is 12.0. The molecule has 2 N–H and O–H groups in total. The highest BCUT2D eigenvalue weighted by Crippen LogP contribution is 2.16. The van der Waals surface area contributed by atoms with Gasteiger partial charge in [-0.3, -0.25) is 4.79 Å². The lowest BCUT2D eigenvalue weighted by atomic mass is 9.88. The van der Waals surface area contributed by atoms with Gasteiger partial charge in [-0.15, -0.1) is 0 Å². The van der Waals surface area contributed by atoms with Crippen molar-refractivity contribution in [1.82, 2.24) is 10.6 Å². The van der Waals surface area contributed by atoms with E-state index in [2.05, 4.69) is 24.5 Å². The van der Waals surface area contributed by atoms with Crippen molar-refractivity contribution >= 4 is 17.7 Å². The van der Waals surface area contributed by atoms with Gasteiger partial charge < -0.3 is 10.6 Å². The number of carbonyl (C=O) groups excluding carboxylic acids is 1. The Balaban J connectivity index is 2.16. The minimum Gasteiger partial charge on any atom is -0.353 e. The van der Waals surface area contributed by atoms with Crippen molar-refractivity contribution in [2.24, 2.45) is 11.8 Å². The largest absolute Gasteiger partial charge is 0.353 e. The monoisotopic (exact) mass is 244 g/mol. The summed E-state index contributed by atoms with van der Waals surface area (Å²) in [6, 6.07) is 0.307. The van der Waals surface area contributed by atoms with E-state index in [1.54, 1.807) is 0 Å². The summed E-state index contributed by atoms with van der Waals surface area (Å²) in [5, 5.41) is 6.32. The number of amides is 1. The number of carbonyl (C=O) groups is 1. The summed E-state index contributed by atoms with van der Waals surface area (Å²) < 4.78 is 0. The second kappa shape index (κ2) is 7.17. The second-order valence-electron chi connectivity index (χ2n) is 4.60. The molecule has 0 aromatic rings. The summed E-state index contributed by atoms with van der Waals surface area (Å²) in [5.74, 6) is 3.21. The number of hydrogen-bond donors (Lipinski definition) is 2. The smallest absolute Gasteiger partial charge is 0.223 e. The zero-order valence-electron chi connectivity index (χ0n) is 10.6. The Bertz CT molecular complexity index is 219. The first kappa shape index (κ1) is 13.8. The number of thioether (sulfide) groups is 1. The fourth-order valence-corrected chi connectivity index (χ4v) is 2.54. The van der Waals surface area contributed by atoms with Crippen molar-refractivity contribution in [3.05, 3.63) is 0 Å². The highest BCUT2D eigenvalue weighted by atomic mass is 32.2. The van der Waals surface area contributed by atoms with Crippen molar-refractivity contribution in [2.75, 3.05) is 24.6 Å². The van der Waals surface area contributed by atoms with Crippen molar-refractivity contribution in [1.29, 1.82) is 0 Å². The van der Waals surface area contributed by atoms with Gasteiger partial charge in [-0.25, -0.2) is 0 Å². The van der Waals surface area contributed by atoms with E-state index in [0.717, 1.165) is 31.0 Å². The Morgan fingerprint density at radius 1 is 1.50 bits per heavy atom. The normalized spacial score (nSPS) is 19.9. The Kier molecular flexibility index (Phi) is 6.21. The van der Waals surface area contributed by atoms with Gasteiger partial charge in [0.05, 0.1) is 0 Å². The van der Waals surface area contributed by atoms with Gasteiger partial charge in [-0.2, -0.15) is 11.8 Å². The van der Waals surface area contributed by atoms with Crippen molar-refractivity contribution < 1.29 is 4.79 Å². The Labute approximate surface area is 103 Å². The first-order chi connectivity index (χ1) is 7.65. The van der Waals surface area contributed by atoms with E-state index in [1.165, 1.54) is 0 Å². The molecule has 1 fully saturated rings. The lowest BCUT2D eigenvalue weighted by Gasteiger charge is -2.32. The average Bonchev–Trinajstić information content (AvgIpc) is 2.15. The molecule has 3 nitrogen and oxygen atoms in total. The van der Waals surface area contributed by atoms with Crippen molar-refractivity contribution in [2.45, 2.75) is 33.2 Å². The quantitative estimate of drug-likeness (QED) is 0.667. The van der Waals surface area contributed by atoms with E-state index in [4.69, 9.17) is 0 Å². The van der Waals surface area contributed by atoms with Crippen LogP contribution in [-0.2, 0) is 4.79 Å². The van der Waals surface area contributed by atoms with Gasteiger partial charge in [0.25, 0.3) is 0 Å². The summed E-state index contributed by atoms with van der Waals surface area (Å²) >= 11 is 1.93. The van der Waals surface area contributed by atoms with Gasteiger partial charge in [0, 0.05) is 12.0 Å². The van der Waals surface area contributed by atoms with Gasteiger partial charge in [0.1, 0.15) is 0 Å². The fraction of sp³-hybridized carbons (Fsp3) is 0.917.